The predicted molar refractivity (Wildman–Crippen MR) is 85.9 cm³/mol. The van der Waals surface area contributed by atoms with Crippen LogP contribution in [0.5, 0.6) is 0 Å². The van der Waals surface area contributed by atoms with E-state index in [0.717, 1.165) is 11.1 Å². The summed E-state index contributed by atoms with van der Waals surface area (Å²) in [4.78, 5) is 46.1. The van der Waals surface area contributed by atoms with Gasteiger partial charge in [-0.05, 0) is 48.2 Å². The highest BCUT2D eigenvalue weighted by Crippen LogP contribution is 2.27. The molecule has 2 aliphatic rings. The molecular formula is C18H11N2O4. The van der Waals surface area contributed by atoms with Gasteiger partial charge in [-0.3, -0.25) is 19.2 Å². The molecule has 2 aliphatic heterocycles. The van der Waals surface area contributed by atoms with Crippen molar-refractivity contribution in [2.24, 2.45) is 0 Å². The van der Waals surface area contributed by atoms with Crippen molar-refractivity contribution >= 4 is 34.8 Å². The van der Waals surface area contributed by atoms with Crippen LogP contribution in [-0.4, -0.2) is 23.4 Å². The highest BCUT2D eigenvalue weighted by atomic mass is 16.2. The molecule has 0 saturated heterocycles. The molecule has 0 unspecified atom stereocenters. The molecule has 0 spiro atoms. The van der Waals surface area contributed by atoms with Crippen LogP contribution in [-0.2, 0) is 16.0 Å². The normalized spacial score (nSPS) is 15.2. The molecule has 2 aromatic rings. The number of Topliss-reactive ketones (excluding diaryl/α,β-unsaturated/α-hetero) is 2. The fourth-order valence-electron chi connectivity index (χ4n) is 2.84. The number of ketones is 2. The van der Waals surface area contributed by atoms with E-state index in [9.17, 15) is 19.2 Å². The molecule has 1 radical (unpaired) electrons. The quantitative estimate of drug-likeness (QED) is 0.843. The zero-order valence-electron chi connectivity index (χ0n) is 12.4. The number of carbonyl (C=O) groups excluding carboxylic acids is 4. The number of rotatable bonds is 3. The van der Waals surface area contributed by atoms with E-state index < -0.39 is 23.4 Å². The summed E-state index contributed by atoms with van der Waals surface area (Å²) in [5.41, 5.74) is 3.48. The average Bonchev–Trinajstić information content (AvgIpc) is 3.02. The van der Waals surface area contributed by atoms with E-state index in [4.69, 9.17) is 0 Å². The van der Waals surface area contributed by atoms with Crippen LogP contribution in [0.4, 0.5) is 11.4 Å². The Morgan fingerprint density at radius 2 is 1.33 bits per heavy atom. The van der Waals surface area contributed by atoms with Gasteiger partial charge in [0.2, 0.25) is 0 Å². The number of anilines is 2. The van der Waals surface area contributed by atoms with Crippen molar-refractivity contribution < 1.29 is 19.2 Å². The lowest BCUT2D eigenvalue weighted by molar-refractivity contribution is -0.112. The molecule has 0 atom stereocenters. The lowest BCUT2D eigenvalue weighted by Crippen LogP contribution is -2.12. The van der Waals surface area contributed by atoms with Crippen LogP contribution in [0.3, 0.4) is 0 Å². The monoisotopic (exact) mass is 319 g/mol. The second kappa shape index (κ2) is 5.13. The minimum Gasteiger partial charge on any atom is -0.318 e. The molecule has 24 heavy (non-hydrogen) atoms. The number of benzene rings is 2. The van der Waals surface area contributed by atoms with E-state index in [-0.39, 0.29) is 0 Å². The molecule has 0 saturated carbocycles. The standard InChI is InChI=1S/C18H11N2O4/c21-15-11-7-9(3-5-13(11)19-17(15)23)1-2-10-4-6-14-12(8-10)16(22)18(24)20-14/h1,3-8H,2H2,(H,19,21,23)(H,20,22,24). The zero-order valence-corrected chi connectivity index (χ0v) is 12.4. The first-order valence-electron chi connectivity index (χ1n) is 7.34. The first-order valence-corrected chi connectivity index (χ1v) is 7.34. The second-order valence-corrected chi connectivity index (χ2v) is 5.66. The second-order valence-electron chi connectivity index (χ2n) is 5.66. The van der Waals surface area contributed by atoms with Crippen LogP contribution in [0.15, 0.2) is 36.4 Å². The van der Waals surface area contributed by atoms with Crippen LogP contribution in [0, 0.1) is 6.42 Å². The number of amides is 2. The van der Waals surface area contributed by atoms with Gasteiger partial charge in [-0.25, -0.2) is 0 Å². The van der Waals surface area contributed by atoms with Gasteiger partial charge < -0.3 is 10.6 Å². The third-order valence-corrected chi connectivity index (χ3v) is 4.10. The van der Waals surface area contributed by atoms with Crippen LogP contribution in [0.25, 0.3) is 0 Å². The van der Waals surface area contributed by atoms with Crippen LogP contribution >= 0.6 is 0 Å². The van der Waals surface area contributed by atoms with Crippen molar-refractivity contribution in [2.75, 3.05) is 10.6 Å². The van der Waals surface area contributed by atoms with Gasteiger partial charge in [0.1, 0.15) is 0 Å². The first kappa shape index (κ1) is 14.3. The van der Waals surface area contributed by atoms with E-state index in [2.05, 4.69) is 10.6 Å². The van der Waals surface area contributed by atoms with Crippen molar-refractivity contribution in [3.8, 4) is 0 Å². The van der Waals surface area contributed by atoms with E-state index in [1.807, 2.05) is 12.5 Å². The van der Waals surface area contributed by atoms with Crippen molar-refractivity contribution in [2.45, 2.75) is 6.42 Å². The summed E-state index contributed by atoms with van der Waals surface area (Å²) in [5.74, 6) is -2.29. The minimum absolute atomic E-state index is 0.368. The smallest absolute Gasteiger partial charge is 0.296 e. The molecule has 0 aliphatic carbocycles. The Labute approximate surface area is 136 Å². The maximum absolute atomic E-state index is 11.7. The summed E-state index contributed by atoms with van der Waals surface area (Å²) in [6.07, 6.45) is 2.43. The molecule has 4 rings (SSSR count). The Bertz CT molecular complexity index is 869. The Hall–Kier alpha value is -3.28. The van der Waals surface area contributed by atoms with E-state index in [1.165, 1.54) is 0 Å². The van der Waals surface area contributed by atoms with Gasteiger partial charge in [0.05, 0.1) is 22.5 Å². The molecule has 2 amide bonds. The Morgan fingerprint density at radius 3 is 2.00 bits per heavy atom. The lowest BCUT2D eigenvalue weighted by Gasteiger charge is -2.05. The Morgan fingerprint density at radius 1 is 0.750 bits per heavy atom. The molecule has 117 valence electrons. The van der Waals surface area contributed by atoms with E-state index >= 15 is 0 Å². The molecule has 0 bridgehead atoms. The predicted octanol–water partition coefficient (Wildman–Crippen LogP) is 1.75. The summed E-state index contributed by atoms with van der Waals surface area (Å²) in [6.45, 7) is 0. The number of carbonyl (C=O) groups is 4. The number of hydrogen-bond donors (Lipinski definition) is 2. The topological polar surface area (TPSA) is 92.3 Å². The summed E-state index contributed by atoms with van der Waals surface area (Å²) < 4.78 is 0. The van der Waals surface area contributed by atoms with Gasteiger partial charge in [-0.1, -0.05) is 12.1 Å². The van der Waals surface area contributed by atoms with Gasteiger partial charge in [0.15, 0.2) is 0 Å². The van der Waals surface area contributed by atoms with E-state index in [1.54, 1.807) is 30.3 Å². The number of hydrogen-bond acceptors (Lipinski definition) is 4. The molecule has 6 heteroatoms. The number of nitrogens with one attached hydrogen (secondary N) is 2. The fraction of sp³-hybridized carbons (Fsp3) is 0.0556. The highest BCUT2D eigenvalue weighted by Gasteiger charge is 2.29. The first-order chi connectivity index (χ1) is 11.5. The van der Waals surface area contributed by atoms with Crippen LogP contribution in [0.1, 0.15) is 31.8 Å². The Balaban J connectivity index is 1.53. The maximum Gasteiger partial charge on any atom is 0.296 e. The molecular weight excluding hydrogens is 308 g/mol. The zero-order chi connectivity index (χ0) is 16.8. The average molecular weight is 319 g/mol. The van der Waals surface area contributed by atoms with Gasteiger partial charge in [0, 0.05) is 0 Å². The molecule has 0 aromatic heterocycles. The Kier molecular flexibility index (Phi) is 3.06. The van der Waals surface area contributed by atoms with Crippen molar-refractivity contribution in [3.63, 3.8) is 0 Å². The van der Waals surface area contributed by atoms with Gasteiger partial charge >= 0.3 is 0 Å². The SMILES string of the molecule is O=C1Nc2ccc([CH]Cc3ccc4c(c3)C(=O)C(=O)N4)cc2C1=O. The highest BCUT2D eigenvalue weighted by molar-refractivity contribution is 6.52. The van der Waals surface area contributed by atoms with Crippen LogP contribution < -0.4 is 10.6 Å². The maximum atomic E-state index is 11.7. The lowest BCUT2D eigenvalue weighted by atomic mass is 9.99. The van der Waals surface area contributed by atoms with Crippen LogP contribution in [0.2, 0.25) is 0 Å². The summed E-state index contributed by atoms with van der Waals surface area (Å²) in [5, 5.41) is 5.02. The van der Waals surface area contributed by atoms with Gasteiger partial charge in [0.25, 0.3) is 23.4 Å². The van der Waals surface area contributed by atoms with E-state index in [0.29, 0.717) is 28.9 Å². The van der Waals surface area contributed by atoms with Crippen molar-refractivity contribution in [3.05, 3.63) is 65.1 Å². The molecule has 2 heterocycles. The van der Waals surface area contributed by atoms with Crippen molar-refractivity contribution in [1.82, 2.24) is 0 Å². The summed E-state index contributed by atoms with van der Waals surface area (Å²) >= 11 is 0. The van der Waals surface area contributed by atoms with Gasteiger partial charge in [-0.15, -0.1) is 0 Å². The summed E-state index contributed by atoms with van der Waals surface area (Å²) in [6, 6.07) is 10.4. The fourth-order valence-corrected chi connectivity index (χ4v) is 2.84. The molecule has 2 N–H and O–H groups in total. The largest absolute Gasteiger partial charge is 0.318 e. The van der Waals surface area contributed by atoms with Gasteiger partial charge in [-0.2, -0.15) is 0 Å². The third kappa shape index (κ3) is 2.20. The minimum atomic E-state index is -0.614. The summed E-state index contributed by atoms with van der Waals surface area (Å²) in [7, 11) is 0. The third-order valence-electron chi connectivity index (χ3n) is 4.10. The number of fused-ring (bicyclic) bond motifs is 2. The molecule has 6 nitrogen and oxygen atoms in total. The van der Waals surface area contributed by atoms with Crippen molar-refractivity contribution in [1.29, 1.82) is 0 Å². The molecule has 0 fully saturated rings. The molecule has 2 aromatic carbocycles.